The predicted molar refractivity (Wildman–Crippen MR) is 50.1 cm³/mol. The fourth-order valence-corrected chi connectivity index (χ4v) is 1.72. The molecule has 0 bridgehead atoms. The average Bonchev–Trinajstić information content (AvgIpc) is 2.18. The van der Waals surface area contributed by atoms with Gasteiger partial charge >= 0.3 is 0 Å². The molecule has 3 N–H and O–H groups in total. The monoisotopic (exact) mass is 186 g/mol. The third-order valence-electron chi connectivity index (χ3n) is 2.49. The number of carbonyl (C=O) groups excluding carboxylic acids is 1. The number of aliphatic hydroxyl groups excluding tert-OH is 1. The Morgan fingerprint density at radius 3 is 3.00 bits per heavy atom. The quantitative estimate of drug-likeness (QED) is 0.628. The van der Waals surface area contributed by atoms with Gasteiger partial charge in [0.2, 0.25) is 5.91 Å². The minimum atomic E-state index is 0.126. The minimum Gasteiger partial charge on any atom is -0.396 e. The van der Waals surface area contributed by atoms with Gasteiger partial charge in [-0.15, -0.1) is 0 Å². The molecule has 0 aromatic carbocycles. The van der Waals surface area contributed by atoms with Gasteiger partial charge in [-0.3, -0.25) is 4.79 Å². The Labute approximate surface area is 78.7 Å². The average molecular weight is 186 g/mol. The van der Waals surface area contributed by atoms with Gasteiger partial charge in [0.25, 0.3) is 0 Å². The standard InChI is InChI=1S/C9H18N2O2/c10-4-3-9(13)11-5-1-2-8(6-11)7-12/h8,12H,1-7,10H2. The van der Waals surface area contributed by atoms with Gasteiger partial charge in [0.05, 0.1) is 0 Å². The summed E-state index contributed by atoms with van der Waals surface area (Å²) in [4.78, 5) is 13.2. The molecule has 1 aliphatic rings. The molecule has 1 unspecified atom stereocenters. The van der Waals surface area contributed by atoms with Crippen LogP contribution in [0, 0.1) is 5.92 Å². The predicted octanol–water partition coefficient (Wildman–Crippen LogP) is -0.434. The molecule has 1 fully saturated rings. The Balaban J connectivity index is 2.37. The largest absolute Gasteiger partial charge is 0.396 e. The molecule has 13 heavy (non-hydrogen) atoms. The topological polar surface area (TPSA) is 66.6 Å². The molecule has 0 saturated carbocycles. The first-order valence-corrected chi connectivity index (χ1v) is 4.86. The van der Waals surface area contributed by atoms with E-state index in [2.05, 4.69) is 0 Å². The van der Waals surface area contributed by atoms with Gasteiger partial charge < -0.3 is 15.7 Å². The van der Waals surface area contributed by atoms with E-state index >= 15 is 0 Å². The Kier molecular flexibility index (Phi) is 4.18. The fourth-order valence-electron chi connectivity index (χ4n) is 1.72. The van der Waals surface area contributed by atoms with Crippen molar-refractivity contribution in [3.05, 3.63) is 0 Å². The van der Waals surface area contributed by atoms with Crippen LogP contribution < -0.4 is 5.73 Å². The van der Waals surface area contributed by atoms with Crippen molar-refractivity contribution < 1.29 is 9.90 Å². The number of nitrogens with two attached hydrogens (primary N) is 1. The van der Waals surface area contributed by atoms with Crippen LogP contribution in [0.3, 0.4) is 0 Å². The van der Waals surface area contributed by atoms with Gasteiger partial charge in [-0.1, -0.05) is 0 Å². The zero-order valence-corrected chi connectivity index (χ0v) is 7.91. The highest BCUT2D eigenvalue weighted by Gasteiger charge is 2.22. The molecule has 0 radical (unpaired) electrons. The number of hydrogen-bond acceptors (Lipinski definition) is 3. The number of rotatable bonds is 3. The maximum Gasteiger partial charge on any atom is 0.223 e. The van der Waals surface area contributed by atoms with E-state index in [1.165, 1.54) is 0 Å². The zero-order chi connectivity index (χ0) is 9.68. The number of aliphatic hydroxyl groups is 1. The second kappa shape index (κ2) is 5.19. The van der Waals surface area contributed by atoms with Crippen molar-refractivity contribution >= 4 is 5.91 Å². The van der Waals surface area contributed by atoms with Crippen molar-refractivity contribution in [1.29, 1.82) is 0 Å². The molecule has 1 rings (SSSR count). The van der Waals surface area contributed by atoms with Gasteiger partial charge in [0.15, 0.2) is 0 Å². The van der Waals surface area contributed by atoms with E-state index in [1.54, 1.807) is 0 Å². The summed E-state index contributed by atoms with van der Waals surface area (Å²) in [7, 11) is 0. The number of carbonyl (C=O) groups is 1. The highest BCUT2D eigenvalue weighted by molar-refractivity contribution is 5.76. The summed E-state index contributed by atoms with van der Waals surface area (Å²) in [5, 5.41) is 8.96. The first kappa shape index (κ1) is 10.5. The molecule has 0 aromatic rings. The normalized spacial score (nSPS) is 23.2. The molecule has 4 nitrogen and oxygen atoms in total. The van der Waals surface area contributed by atoms with Gasteiger partial charge in [-0.25, -0.2) is 0 Å². The van der Waals surface area contributed by atoms with E-state index < -0.39 is 0 Å². The summed E-state index contributed by atoms with van der Waals surface area (Å²) < 4.78 is 0. The van der Waals surface area contributed by atoms with E-state index in [0.29, 0.717) is 19.5 Å². The lowest BCUT2D eigenvalue weighted by Gasteiger charge is -2.31. The number of amides is 1. The number of nitrogens with zero attached hydrogens (tertiary/aromatic N) is 1. The lowest BCUT2D eigenvalue weighted by Crippen LogP contribution is -2.41. The Bertz CT molecular complexity index is 173. The summed E-state index contributed by atoms with van der Waals surface area (Å²) in [6, 6.07) is 0. The van der Waals surface area contributed by atoms with Crippen LogP contribution in [0.1, 0.15) is 19.3 Å². The molecule has 1 saturated heterocycles. The smallest absolute Gasteiger partial charge is 0.223 e. The maximum absolute atomic E-state index is 11.4. The van der Waals surface area contributed by atoms with Crippen molar-refractivity contribution in [2.45, 2.75) is 19.3 Å². The molecule has 0 aliphatic carbocycles. The Hall–Kier alpha value is -0.610. The second-order valence-electron chi connectivity index (χ2n) is 3.57. The summed E-state index contributed by atoms with van der Waals surface area (Å²) in [6.45, 7) is 2.14. The van der Waals surface area contributed by atoms with Crippen LogP contribution in [0.25, 0.3) is 0 Å². The maximum atomic E-state index is 11.4. The van der Waals surface area contributed by atoms with Gasteiger partial charge in [-0.2, -0.15) is 0 Å². The van der Waals surface area contributed by atoms with E-state index in [1.807, 2.05) is 4.90 Å². The molecule has 1 amide bonds. The molecule has 76 valence electrons. The van der Waals surface area contributed by atoms with Crippen molar-refractivity contribution in [2.75, 3.05) is 26.2 Å². The summed E-state index contributed by atoms with van der Waals surface area (Å²) in [6.07, 6.45) is 2.46. The second-order valence-corrected chi connectivity index (χ2v) is 3.57. The van der Waals surface area contributed by atoms with Gasteiger partial charge in [0.1, 0.15) is 0 Å². The van der Waals surface area contributed by atoms with Crippen LogP contribution in [0.15, 0.2) is 0 Å². The van der Waals surface area contributed by atoms with Crippen LogP contribution >= 0.6 is 0 Å². The summed E-state index contributed by atoms with van der Waals surface area (Å²) >= 11 is 0. The molecule has 0 spiro atoms. The van der Waals surface area contributed by atoms with Gasteiger partial charge in [0, 0.05) is 32.7 Å². The first-order chi connectivity index (χ1) is 6.27. The zero-order valence-electron chi connectivity index (χ0n) is 7.91. The van der Waals surface area contributed by atoms with Crippen molar-refractivity contribution in [1.82, 2.24) is 4.90 Å². The molecule has 1 atom stereocenters. The van der Waals surface area contributed by atoms with Crippen molar-refractivity contribution in [2.24, 2.45) is 11.7 Å². The van der Waals surface area contributed by atoms with E-state index in [-0.39, 0.29) is 18.4 Å². The summed E-state index contributed by atoms with van der Waals surface area (Å²) in [5.74, 6) is 0.399. The lowest BCUT2D eigenvalue weighted by molar-refractivity contribution is -0.133. The molecule has 1 heterocycles. The van der Waals surface area contributed by atoms with Crippen LogP contribution in [-0.2, 0) is 4.79 Å². The van der Waals surface area contributed by atoms with E-state index in [4.69, 9.17) is 10.8 Å². The Morgan fingerprint density at radius 2 is 2.38 bits per heavy atom. The van der Waals surface area contributed by atoms with E-state index in [0.717, 1.165) is 19.4 Å². The highest BCUT2D eigenvalue weighted by atomic mass is 16.3. The molecule has 1 aliphatic heterocycles. The highest BCUT2D eigenvalue weighted by Crippen LogP contribution is 2.16. The molecular weight excluding hydrogens is 168 g/mol. The third-order valence-corrected chi connectivity index (χ3v) is 2.49. The molecule has 0 aromatic heterocycles. The van der Waals surface area contributed by atoms with Crippen molar-refractivity contribution in [3.8, 4) is 0 Å². The minimum absolute atomic E-state index is 0.126. The number of hydrogen-bond donors (Lipinski definition) is 2. The van der Waals surface area contributed by atoms with Crippen LogP contribution in [0.2, 0.25) is 0 Å². The van der Waals surface area contributed by atoms with E-state index in [9.17, 15) is 4.79 Å². The van der Waals surface area contributed by atoms with Crippen LogP contribution in [-0.4, -0.2) is 42.2 Å². The SMILES string of the molecule is NCCC(=O)N1CCCC(CO)C1. The van der Waals surface area contributed by atoms with Crippen LogP contribution in [0.4, 0.5) is 0 Å². The molecule has 4 heteroatoms. The molecular formula is C9H18N2O2. The van der Waals surface area contributed by atoms with Gasteiger partial charge in [-0.05, 0) is 18.8 Å². The van der Waals surface area contributed by atoms with Crippen LogP contribution in [0.5, 0.6) is 0 Å². The van der Waals surface area contributed by atoms with Crippen molar-refractivity contribution in [3.63, 3.8) is 0 Å². The number of piperidine rings is 1. The number of likely N-dealkylation sites (tertiary alicyclic amines) is 1. The lowest BCUT2D eigenvalue weighted by atomic mass is 9.99. The first-order valence-electron chi connectivity index (χ1n) is 4.86. The third kappa shape index (κ3) is 2.97. The Morgan fingerprint density at radius 1 is 1.62 bits per heavy atom. The fraction of sp³-hybridized carbons (Fsp3) is 0.889. The summed E-state index contributed by atoms with van der Waals surface area (Å²) in [5.41, 5.74) is 5.31.